The van der Waals surface area contributed by atoms with Gasteiger partial charge in [-0.1, -0.05) is 53.0 Å². The van der Waals surface area contributed by atoms with Crippen molar-refractivity contribution in [1.29, 1.82) is 0 Å². The van der Waals surface area contributed by atoms with Gasteiger partial charge in [-0.05, 0) is 48.5 Å². The lowest BCUT2D eigenvalue weighted by Gasteiger charge is -2.12. The molecular formula is C22H14Cl3N3O3S2. The molecule has 1 heterocycles. The molecule has 0 radical (unpaired) electrons. The van der Waals surface area contributed by atoms with Gasteiger partial charge in [0.15, 0.2) is 5.13 Å². The Morgan fingerprint density at radius 3 is 2.36 bits per heavy atom. The average molecular weight is 539 g/mol. The molecule has 4 rings (SSSR count). The minimum absolute atomic E-state index is 0.0216. The van der Waals surface area contributed by atoms with Crippen LogP contribution in [0.4, 0.5) is 10.8 Å². The van der Waals surface area contributed by atoms with Crippen molar-refractivity contribution in [3.8, 4) is 11.3 Å². The summed E-state index contributed by atoms with van der Waals surface area (Å²) in [5.41, 5.74) is 1.63. The molecule has 11 heteroatoms. The number of para-hydroxylation sites is 1. The van der Waals surface area contributed by atoms with Gasteiger partial charge in [0.05, 0.1) is 31.9 Å². The molecule has 3 aromatic carbocycles. The van der Waals surface area contributed by atoms with Crippen LogP contribution in [0.5, 0.6) is 0 Å². The molecule has 6 nitrogen and oxygen atoms in total. The van der Waals surface area contributed by atoms with Crippen molar-refractivity contribution >= 4 is 72.9 Å². The Morgan fingerprint density at radius 1 is 0.909 bits per heavy atom. The first-order valence-electron chi connectivity index (χ1n) is 9.33. The minimum atomic E-state index is -3.92. The molecular weight excluding hydrogens is 525 g/mol. The summed E-state index contributed by atoms with van der Waals surface area (Å²) in [5.74, 6) is -0.514. The molecule has 0 aliphatic carbocycles. The fraction of sp³-hybridized carbons (Fsp3) is 0. The lowest BCUT2D eigenvalue weighted by molar-refractivity contribution is 0.102. The van der Waals surface area contributed by atoms with Gasteiger partial charge in [-0.25, -0.2) is 13.4 Å². The van der Waals surface area contributed by atoms with Crippen molar-refractivity contribution in [2.45, 2.75) is 4.90 Å². The van der Waals surface area contributed by atoms with Gasteiger partial charge in [0.25, 0.3) is 15.9 Å². The highest BCUT2D eigenvalue weighted by Gasteiger charge is 2.19. The number of hydrogen-bond donors (Lipinski definition) is 2. The number of thiazole rings is 1. The second kappa shape index (κ2) is 9.70. The van der Waals surface area contributed by atoms with E-state index in [2.05, 4.69) is 15.0 Å². The van der Waals surface area contributed by atoms with Crippen LogP contribution in [0.25, 0.3) is 11.3 Å². The van der Waals surface area contributed by atoms with Crippen LogP contribution in [0.15, 0.2) is 77.0 Å². The number of halogens is 3. The van der Waals surface area contributed by atoms with Gasteiger partial charge in [-0.3, -0.25) is 14.8 Å². The fourth-order valence-corrected chi connectivity index (χ4v) is 5.09. The number of anilines is 2. The summed E-state index contributed by atoms with van der Waals surface area (Å²) in [4.78, 5) is 17.3. The summed E-state index contributed by atoms with van der Waals surface area (Å²) < 4.78 is 27.9. The van der Waals surface area contributed by atoms with Crippen molar-refractivity contribution in [1.82, 2.24) is 4.98 Å². The molecule has 0 atom stereocenters. The van der Waals surface area contributed by atoms with E-state index < -0.39 is 15.9 Å². The Labute approximate surface area is 209 Å². The quantitative estimate of drug-likeness (QED) is 0.282. The first kappa shape index (κ1) is 23.5. The fourth-order valence-electron chi connectivity index (χ4n) is 2.87. The normalized spacial score (nSPS) is 11.2. The van der Waals surface area contributed by atoms with Gasteiger partial charge in [-0.2, -0.15) is 0 Å². The number of nitrogens with zero attached hydrogens (tertiary/aromatic N) is 1. The molecule has 1 aromatic heterocycles. The van der Waals surface area contributed by atoms with E-state index in [0.717, 1.165) is 5.56 Å². The van der Waals surface area contributed by atoms with Crippen LogP contribution in [0.2, 0.25) is 15.1 Å². The molecule has 168 valence electrons. The zero-order chi connectivity index (χ0) is 23.6. The van der Waals surface area contributed by atoms with E-state index >= 15 is 0 Å². The summed E-state index contributed by atoms with van der Waals surface area (Å²) in [6.45, 7) is 0. The number of hydrogen-bond acceptors (Lipinski definition) is 5. The van der Waals surface area contributed by atoms with Crippen LogP contribution in [0.3, 0.4) is 0 Å². The largest absolute Gasteiger partial charge is 0.298 e. The number of rotatable bonds is 6. The summed E-state index contributed by atoms with van der Waals surface area (Å²) >= 11 is 19.1. The zero-order valence-electron chi connectivity index (χ0n) is 16.6. The Kier molecular flexibility index (Phi) is 6.92. The van der Waals surface area contributed by atoms with Crippen molar-refractivity contribution in [2.24, 2.45) is 0 Å². The Morgan fingerprint density at radius 2 is 1.64 bits per heavy atom. The number of amides is 1. The average Bonchev–Trinajstić information content (AvgIpc) is 3.24. The van der Waals surface area contributed by atoms with E-state index in [4.69, 9.17) is 34.8 Å². The summed E-state index contributed by atoms with van der Waals surface area (Å²) in [6, 6.07) is 17.1. The van der Waals surface area contributed by atoms with Crippen LogP contribution in [-0.4, -0.2) is 19.3 Å². The molecule has 2 N–H and O–H groups in total. The van der Waals surface area contributed by atoms with Crippen LogP contribution in [0, 0.1) is 0 Å². The molecule has 0 bridgehead atoms. The van der Waals surface area contributed by atoms with E-state index in [-0.39, 0.29) is 16.1 Å². The standard InChI is InChI=1S/C22H14Cl3N3O3S2/c23-14-6-8-15(9-7-14)33(30,31)28-19-4-2-1-3-16(19)21(29)27-22-26-20(12-32-22)13-5-10-17(24)18(25)11-13/h1-12,28H,(H,26,27,29). The van der Waals surface area contributed by atoms with Crippen molar-refractivity contribution < 1.29 is 13.2 Å². The van der Waals surface area contributed by atoms with Crippen molar-refractivity contribution in [3.05, 3.63) is 92.7 Å². The number of carbonyl (C=O) groups is 1. The first-order valence-corrected chi connectivity index (χ1v) is 12.8. The van der Waals surface area contributed by atoms with Gasteiger partial charge in [0.2, 0.25) is 0 Å². The SMILES string of the molecule is O=C(Nc1nc(-c2ccc(Cl)c(Cl)c2)cs1)c1ccccc1NS(=O)(=O)c1ccc(Cl)cc1. The Bertz CT molecular complexity index is 1440. The third kappa shape index (κ3) is 5.48. The van der Waals surface area contributed by atoms with Crippen LogP contribution in [0.1, 0.15) is 10.4 Å². The monoisotopic (exact) mass is 537 g/mol. The number of nitrogens with one attached hydrogen (secondary N) is 2. The highest BCUT2D eigenvalue weighted by atomic mass is 35.5. The molecule has 0 saturated carbocycles. The summed E-state index contributed by atoms with van der Waals surface area (Å²) in [6.07, 6.45) is 0. The lowest BCUT2D eigenvalue weighted by Crippen LogP contribution is -2.18. The number of carbonyl (C=O) groups excluding carboxylic acids is 1. The Hall–Kier alpha value is -2.62. The third-order valence-corrected chi connectivity index (χ3v) is 7.61. The Balaban J connectivity index is 1.55. The first-order chi connectivity index (χ1) is 15.7. The van der Waals surface area contributed by atoms with Gasteiger partial charge < -0.3 is 0 Å². The number of sulfonamides is 1. The third-order valence-electron chi connectivity index (χ3n) is 4.48. The maximum absolute atomic E-state index is 12.9. The van der Waals surface area contributed by atoms with E-state index in [1.165, 1.54) is 47.7 Å². The van der Waals surface area contributed by atoms with Crippen LogP contribution in [-0.2, 0) is 10.0 Å². The molecule has 0 fully saturated rings. The van der Waals surface area contributed by atoms with E-state index in [0.29, 0.717) is 25.9 Å². The topological polar surface area (TPSA) is 88.2 Å². The molecule has 0 aliphatic heterocycles. The number of benzene rings is 3. The van der Waals surface area contributed by atoms with Crippen LogP contribution < -0.4 is 10.0 Å². The van der Waals surface area contributed by atoms with Gasteiger partial charge in [0.1, 0.15) is 0 Å². The lowest BCUT2D eigenvalue weighted by atomic mass is 10.2. The molecule has 4 aromatic rings. The van der Waals surface area contributed by atoms with E-state index in [1.54, 1.807) is 35.7 Å². The van der Waals surface area contributed by atoms with Gasteiger partial charge >= 0.3 is 0 Å². The zero-order valence-corrected chi connectivity index (χ0v) is 20.5. The smallest absolute Gasteiger partial charge is 0.261 e. The summed E-state index contributed by atoms with van der Waals surface area (Å²) in [5, 5.41) is 6.06. The van der Waals surface area contributed by atoms with E-state index in [1.807, 2.05) is 0 Å². The number of aromatic nitrogens is 1. The molecule has 0 spiro atoms. The van der Waals surface area contributed by atoms with Crippen LogP contribution >= 0.6 is 46.1 Å². The highest BCUT2D eigenvalue weighted by molar-refractivity contribution is 7.92. The van der Waals surface area contributed by atoms with Gasteiger partial charge in [0, 0.05) is 16.0 Å². The highest BCUT2D eigenvalue weighted by Crippen LogP contribution is 2.31. The second-order valence-corrected chi connectivity index (χ2v) is 10.5. The van der Waals surface area contributed by atoms with Gasteiger partial charge in [-0.15, -0.1) is 11.3 Å². The van der Waals surface area contributed by atoms with E-state index in [9.17, 15) is 13.2 Å². The second-order valence-electron chi connectivity index (χ2n) is 6.73. The predicted molar refractivity (Wildman–Crippen MR) is 134 cm³/mol. The predicted octanol–water partition coefficient (Wildman–Crippen LogP) is 6.82. The minimum Gasteiger partial charge on any atom is -0.298 e. The molecule has 1 amide bonds. The van der Waals surface area contributed by atoms with Crippen molar-refractivity contribution in [2.75, 3.05) is 10.0 Å². The van der Waals surface area contributed by atoms with Crippen molar-refractivity contribution in [3.63, 3.8) is 0 Å². The molecule has 0 aliphatic rings. The molecule has 33 heavy (non-hydrogen) atoms. The molecule has 0 unspecified atom stereocenters. The summed E-state index contributed by atoms with van der Waals surface area (Å²) in [7, 11) is -3.92. The maximum Gasteiger partial charge on any atom is 0.261 e. The molecule has 0 saturated heterocycles. The maximum atomic E-state index is 12.9.